The average Bonchev–Trinajstić information content (AvgIpc) is 3.21. The molecular formula is C23H34N2O8. The molecule has 0 aliphatic carbocycles. The van der Waals surface area contributed by atoms with E-state index in [0.29, 0.717) is 24.3 Å². The van der Waals surface area contributed by atoms with Gasteiger partial charge in [0, 0.05) is 25.0 Å². The second-order valence-electron chi connectivity index (χ2n) is 8.81. The highest BCUT2D eigenvalue weighted by atomic mass is 16.6. The van der Waals surface area contributed by atoms with Crippen molar-refractivity contribution < 1.29 is 39.1 Å². The predicted molar refractivity (Wildman–Crippen MR) is 120 cm³/mol. The Morgan fingerprint density at radius 3 is 2.42 bits per heavy atom. The number of benzene rings is 1. The molecule has 10 heteroatoms. The lowest BCUT2D eigenvalue weighted by atomic mass is 9.93. The maximum absolute atomic E-state index is 13.1. The fourth-order valence-corrected chi connectivity index (χ4v) is 3.07. The Morgan fingerprint density at radius 1 is 1.18 bits per heavy atom. The third-order valence-corrected chi connectivity index (χ3v) is 4.80. The molecule has 184 valence electrons. The first-order valence-electron chi connectivity index (χ1n) is 10.9. The molecule has 0 fully saturated rings. The van der Waals surface area contributed by atoms with Crippen LogP contribution in [-0.2, 0) is 19.1 Å². The number of ether oxygens (including phenoxy) is 3. The third kappa shape index (κ3) is 7.99. The number of rotatable bonds is 12. The molecule has 1 aliphatic rings. The summed E-state index contributed by atoms with van der Waals surface area (Å²) >= 11 is 0. The minimum absolute atomic E-state index is 0.0309. The van der Waals surface area contributed by atoms with Gasteiger partial charge in [0.1, 0.15) is 18.0 Å². The van der Waals surface area contributed by atoms with E-state index in [0.717, 1.165) is 0 Å². The number of carbonyl (C=O) groups is 2. The van der Waals surface area contributed by atoms with Gasteiger partial charge in [0.05, 0.1) is 25.9 Å². The Hall–Kier alpha value is -2.69. The molecule has 10 nitrogen and oxygen atoms in total. The number of carbonyl (C=O) groups excluding carboxylic acids is 2. The lowest BCUT2D eigenvalue weighted by Gasteiger charge is -2.26. The highest BCUT2D eigenvalue weighted by Crippen LogP contribution is 2.29. The molecular weight excluding hydrogens is 432 g/mol. The second kappa shape index (κ2) is 12.0. The predicted octanol–water partition coefficient (Wildman–Crippen LogP) is 0.555. The molecule has 1 atom stereocenters. The zero-order valence-corrected chi connectivity index (χ0v) is 19.4. The molecule has 0 aromatic heterocycles. The van der Waals surface area contributed by atoms with Gasteiger partial charge in [0.2, 0.25) is 5.90 Å². The van der Waals surface area contributed by atoms with Crippen LogP contribution < -0.4 is 10.1 Å². The van der Waals surface area contributed by atoms with E-state index in [9.17, 15) is 19.8 Å². The van der Waals surface area contributed by atoms with Gasteiger partial charge >= 0.3 is 5.97 Å². The number of hydrogen-bond acceptors (Lipinski definition) is 9. The minimum Gasteiger partial charge on any atom is -0.494 e. The number of nitrogens with one attached hydrogen (secondary N) is 1. The standard InChI is InChI=1S/C23H34N2O8/c1-22(2,3)33-19(29)9-10-23(21(30)24-17(13-27)14-28)15-32-20(25-23)16-5-7-18(8-6-16)31-12-4-11-26/h5-8,17,26-28H,4,9-15H2,1-3H3,(H,24,30)/t23-/m1/s1. The number of amides is 1. The van der Waals surface area contributed by atoms with E-state index in [-0.39, 0.29) is 32.0 Å². The summed E-state index contributed by atoms with van der Waals surface area (Å²) < 4.78 is 16.6. The Kier molecular flexibility index (Phi) is 9.63. The topological polar surface area (TPSA) is 147 Å². The molecule has 2 rings (SSSR count). The van der Waals surface area contributed by atoms with Crippen LogP contribution in [0.15, 0.2) is 29.3 Å². The molecule has 0 radical (unpaired) electrons. The summed E-state index contributed by atoms with van der Waals surface area (Å²) in [5.41, 5.74) is -1.45. The molecule has 0 spiro atoms. The minimum atomic E-state index is -1.41. The molecule has 0 saturated heterocycles. The molecule has 0 saturated carbocycles. The quantitative estimate of drug-likeness (QED) is 0.258. The fraction of sp³-hybridized carbons (Fsp3) is 0.609. The number of aliphatic hydroxyl groups excluding tert-OH is 3. The first-order valence-corrected chi connectivity index (χ1v) is 10.9. The van der Waals surface area contributed by atoms with Gasteiger partial charge in [0.15, 0.2) is 5.54 Å². The van der Waals surface area contributed by atoms with Gasteiger partial charge in [-0.1, -0.05) is 0 Å². The number of esters is 1. The second-order valence-corrected chi connectivity index (χ2v) is 8.81. The van der Waals surface area contributed by atoms with Crippen molar-refractivity contribution in [2.75, 3.05) is 33.0 Å². The fourth-order valence-electron chi connectivity index (χ4n) is 3.07. The van der Waals surface area contributed by atoms with Crippen molar-refractivity contribution >= 4 is 17.8 Å². The van der Waals surface area contributed by atoms with Crippen molar-refractivity contribution in [2.24, 2.45) is 4.99 Å². The van der Waals surface area contributed by atoms with Crippen molar-refractivity contribution in [1.29, 1.82) is 0 Å². The van der Waals surface area contributed by atoms with Gasteiger partial charge in [-0.3, -0.25) is 9.59 Å². The van der Waals surface area contributed by atoms with Gasteiger partial charge in [-0.15, -0.1) is 0 Å². The molecule has 1 aromatic carbocycles. The van der Waals surface area contributed by atoms with Crippen LogP contribution in [0.3, 0.4) is 0 Å². The van der Waals surface area contributed by atoms with Crippen LogP contribution in [0.4, 0.5) is 0 Å². The van der Waals surface area contributed by atoms with Crippen molar-refractivity contribution in [3.05, 3.63) is 29.8 Å². The highest BCUT2D eigenvalue weighted by molar-refractivity contribution is 6.00. The SMILES string of the molecule is CC(C)(C)OC(=O)CC[C@]1(C(=O)NC(CO)CO)COC(c2ccc(OCCCO)cc2)=N1. The number of nitrogens with zero attached hydrogens (tertiary/aromatic N) is 1. The molecule has 1 heterocycles. The maximum atomic E-state index is 13.1. The van der Waals surface area contributed by atoms with Crippen LogP contribution in [0.5, 0.6) is 5.75 Å². The number of aliphatic hydroxyl groups is 3. The Bertz CT molecular complexity index is 815. The van der Waals surface area contributed by atoms with Gasteiger partial charge in [-0.25, -0.2) is 4.99 Å². The molecule has 0 unspecified atom stereocenters. The normalized spacial score (nSPS) is 18.0. The maximum Gasteiger partial charge on any atom is 0.306 e. The lowest BCUT2D eigenvalue weighted by molar-refractivity contribution is -0.155. The lowest BCUT2D eigenvalue weighted by Crippen LogP contribution is -2.52. The highest BCUT2D eigenvalue weighted by Gasteiger charge is 2.45. The smallest absolute Gasteiger partial charge is 0.306 e. The summed E-state index contributed by atoms with van der Waals surface area (Å²) in [5.74, 6) is -0.170. The molecule has 33 heavy (non-hydrogen) atoms. The largest absolute Gasteiger partial charge is 0.494 e. The van der Waals surface area contributed by atoms with Gasteiger partial charge in [-0.2, -0.15) is 0 Å². The molecule has 1 aromatic rings. The van der Waals surface area contributed by atoms with Crippen molar-refractivity contribution in [2.45, 2.75) is 57.2 Å². The Labute approximate surface area is 193 Å². The van der Waals surface area contributed by atoms with Gasteiger partial charge in [-0.05, 0) is 51.5 Å². The van der Waals surface area contributed by atoms with Crippen LogP contribution in [0.1, 0.15) is 45.6 Å². The Morgan fingerprint density at radius 2 is 1.85 bits per heavy atom. The molecule has 1 aliphatic heterocycles. The van der Waals surface area contributed by atoms with Crippen LogP contribution in [-0.4, -0.2) is 83.3 Å². The first-order chi connectivity index (χ1) is 15.6. The summed E-state index contributed by atoms with van der Waals surface area (Å²) in [7, 11) is 0. The summed E-state index contributed by atoms with van der Waals surface area (Å²) in [4.78, 5) is 29.8. The van der Waals surface area contributed by atoms with E-state index in [1.165, 1.54) is 0 Å². The average molecular weight is 467 g/mol. The van der Waals surface area contributed by atoms with Crippen molar-refractivity contribution in [1.82, 2.24) is 5.32 Å². The number of hydrogen-bond donors (Lipinski definition) is 4. The van der Waals surface area contributed by atoms with E-state index in [2.05, 4.69) is 10.3 Å². The van der Waals surface area contributed by atoms with Crippen LogP contribution in [0.25, 0.3) is 0 Å². The Balaban J connectivity index is 2.20. The first kappa shape index (κ1) is 26.6. The molecule has 4 N–H and O–H groups in total. The third-order valence-electron chi connectivity index (χ3n) is 4.80. The number of aliphatic imine (C=N–C) groups is 1. The van der Waals surface area contributed by atoms with Gasteiger partial charge in [0.25, 0.3) is 5.91 Å². The van der Waals surface area contributed by atoms with E-state index in [1.807, 2.05) is 0 Å². The van der Waals surface area contributed by atoms with E-state index in [4.69, 9.17) is 19.3 Å². The summed E-state index contributed by atoms with van der Waals surface area (Å²) in [6, 6.07) is 6.07. The van der Waals surface area contributed by atoms with E-state index < -0.39 is 42.3 Å². The van der Waals surface area contributed by atoms with Crippen LogP contribution in [0.2, 0.25) is 0 Å². The summed E-state index contributed by atoms with van der Waals surface area (Å²) in [6.45, 7) is 4.71. The monoisotopic (exact) mass is 466 g/mol. The van der Waals surface area contributed by atoms with Crippen molar-refractivity contribution in [3.8, 4) is 5.75 Å². The van der Waals surface area contributed by atoms with Crippen LogP contribution >= 0.6 is 0 Å². The summed E-state index contributed by atoms with van der Waals surface area (Å²) in [5, 5.41) is 30.1. The molecule has 1 amide bonds. The van der Waals surface area contributed by atoms with E-state index in [1.54, 1.807) is 45.0 Å². The van der Waals surface area contributed by atoms with E-state index >= 15 is 0 Å². The molecule has 0 bridgehead atoms. The zero-order chi connectivity index (χ0) is 24.5. The zero-order valence-electron chi connectivity index (χ0n) is 19.4. The van der Waals surface area contributed by atoms with Crippen molar-refractivity contribution in [3.63, 3.8) is 0 Å². The van der Waals surface area contributed by atoms with Gasteiger partial charge < -0.3 is 34.8 Å². The van der Waals surface area contributed by atoms with Crippen LogP contribution in [0, 0.1) is 0 Å². The summed E-state index contributed by atoms with van der Waals surface area (Å²) in [6.07, 6.45) is 0.490.